The van der Waals surface area contributed by atoms with Gasteiger partial charge in [-0.1, -0.05) is 41.5 Å². The highest BCUT2D eigenvalue weighted by Crippen LogP contribution is 2.08. The van der Waals surface area contributed by atoms with Crippen molar-refractivity contribution in [2.75, 3.05) is 0 Å². The maximum Gasteiger partial charge on any atom is 0.357 e. The molecule has 0 heterocycles. The van der Waals surface area contributed by atoms with Crippen molar-refractivity contribution in [1.29, 1.82) is 0 Å². The lowest BCUT2D eigenvalue weighted by molar-refractivity contribution is -0.597. The topological polar surface area (TPSA) is 57.2 Å². The Morgan fingerprint density at radius 1 is 0.808 bits per heavy atom. The molecule has 0 aliphatic rings. The molecule has 0 fully saturated rings. The van der Waals surface area contributed by atoms with E-state index in [1.165, 1.54) is 24.3 Å². The lowest BCUT2D eigenvalue weighted by Gasteiger charge is -2.05. The fourth-order valence-corrected chi connectivity index (χ4v) is 4.60. The number of hydrogen-bond acceptors (Lipinski definition) is 3. The van der Waals surface area contributed by atoms with E-state index in [0.29, 0.717) is 6.07 Å². The minimum absolute atomic E-state index is 0.00313. The third-order valence-corrected chi connectivity index (χ3v) is 6.84. The molecule has 3 aromatic rings. The number of rotatable bonds is 3. The number of benzene rings is 3. The van der Waals surface area contributed by atoms with Gasteiger partial charge >= 0.3 is 21.2 Å². The fourth-order valence-electron chi connectivity index (χ4n) is 1.94. The zero-order chi connectivity index (χ0) is 19.2. The van der Waals surface area contributed by atoms with Crippen LogP contribution in [0.1, 0.15) is 11.1 Å². The van der Waals surface area contributed by atoms with Crippen molar-refractivity contribution in [3.8, 4) is 0 Å². The maximum absolute atomic E-state index is 12.3. The highest BCUT2D eigenvalue weighted by atomic mass is 127. The zero-order valence-corrected chi connectivity index (χ0v) is 17.3. The molecule has 136 valence electrons. The van der Waals surface area contributed by atoms with Crippen molar-refractivity contribution in [1.82, 2.24) is 0 Å². The molecule has 0 unspecified atom stereocenters. The van der Waals surface area contributed by atoms with Gasteiger partial charge < -0.3 is 4.55 Å². The van der Waals surface area contributed by atoms with Crippen LogP contribution in [0.15, 0.2) is 77.7 Å². The van der Waals surface area contributed by atoms with Crippen molar-refractivity contribution in [2.45, 2.75) is 18.7 Å². The molecule has 0 amide bonds. The van der Waals surface area contributed by atoms with Crippen LogP contribution in [0.3, 0.4) is 0 Å². The molecule has 0 bridgehead atoms. The Bertz CT molecular complexity index is 910. The van der Waals surface area contributed by atoms with E-state index >= 15 is 0 Å². The molecule has 0 N–H and O–H groups in total. The Hall–Kier alpha value is -1.77. The smallest absolute Gasteiger partial charge is 0.357 e. The Kier molecular flexibility index (Phi) is 7.31. The van der Waals surface area contributed by atoms with E-state index < -0.39 is 20.8 Å². The second kappa shape index (κ2) is 9.25. The fraction of sp³-hybridized carbons (Fsp3) is 0.100. The summed E-state index contributed by atoms with van der Waals surface area (Å²) in [6, 6.07) is 21.8. The summed E-state index contributed by atoms with van der Waals surface area (Å²) in [5.41, 5.74) is 2.68. The third kappa shape index (κ3) is 6.86. The van der Waals surface area contributed by atoms with Crippen molar-refractivity contribution in [3.63, 3.8) is 0 Å². The average Bonchev–Trinajstić information content (AvgIpc) is 2.59. The highest BCUT2D eigenvalue weighted by molar-refractivity contribution is 7.85. The Balaban J connectivity index is 0.000000197. The first-order valence-electron chi connectivity index (χ1n) is 7.74. The molecular formula is C20H18FIO3S. The summed E-state index contributed by atoms with van der Waals surface area (Å²) in [5, 5.41) is 0. The normalized spacial score (nSPS) is 10.8. The molecule has 3 rings (SSSR count). The van der Waals surface area contributed by atoms with Crippen LogP contribution in [0, 0.1) is 26.8 Å². The van der Waals surface area contributed by atoms with Gasteiger partial charge in [-0.25, -0.2) is 12.8 Å². The van der Waals surface area contributed by atoms with E-state index in [1.54, 1.807) is 0 Å². The van der Waals surface area contributed by atoms with Gasteiger partial charge in [-0.05, 0) is 56.3 Å². The first kappa shape index (κ1) is 20.5. The zero-order valence-electron chi connectivity index (χ0n) is 14.3. The van der Waals surface area contributed by atoms with Gasteiger partial charge in [-0.3, -0.25) is 0 Å². The summed E-state index contributed by atoms with van der Waals surface area (Å²) in [4.78, 5) is -0.544. The van der Waals surface area contributed by atoms with Crippen molar-refractivity contribution in [3.05, 3.63) is 96.9 Å². The van der Waals surface area contributed by atoms with E-state index in [2.05, 4.69) is 62.4 Å². The minimum Gasteiger partial charge on any atom is -0.744 e. The molecule has 0 radical (unpaired) electrons. The van der Waals surface area contributed by atoms with Gasteiger partial charge in [0.1, 0.15) is 15.9 Å². The van der Waals surface area contributed by atoms with E-state index in [1.807, 2.05) is 0 Å². The Labute approximate surface area is 163 Å². The predicted octanol–water partition coefficient (Wildman–Crippen LogP) is 1.16. The van der Waals surface area contributed by atoms with Crippen LogP contribution in [0.2, 0.25) is 0 Å². The van der Waals surface area contributed by atoms with Crippen LogP contribution in [-0.2, 0) is 10.1 Å². The van der Waals surface area contributed by atoms with E-state index in [-0.39, 0.29) is 21.2 Å². The SMILES string of the molecule is Cc1ccc([I+]c2ccc(C)cc2)cc1.O=S(=O)([O-])c1cccc(F)c1. The third-order valence-electron chi connectivity index (χ3n) is 3.32. The number of halogens is 2. The molecule has 0 aliphatic heterocycles. The molecular weight excluding hydrogens is 466 g/mol. The van der Waals surface area contributed by atoms with Gasteiger partial charge in [-0.2, -0.15) is 0 Å². The first-order chi connectivity index (χ1) is 12.2. The van der Waals surface area contributed by atoms with Crippen LogP contribution < -0.4 is 21.2 Å². The average molecular weight is 484 g/mol. The van der Waals surface area contributed by atoms with Crippen LogP contribution in [0.25, 0.3) is 0 Å². The molecule has 0 saturated carbocycles. The van der Waals surface area contributed by atoms with E-state index in [0.717, 1.165) is 12.1 Å². The standard InChI is InChI=1S/C14H14I.C6H5FO3S/c1-11-3-7-13(8-4-11)15-14-9-5-12(2)6-10-14;7-5-2-1-3-6(4-5)11(8,9)10/h3-10H,1-2H3;1-4H,(H,8,9,10)/q+1;/p-1. The molecule has 0 aromatic heterocycles. The van der Waals surface area contributed by atoms with Crippen molar-refractivity contribution < 1.29 is 38.6 Å². The number of hydrogen-bond donors (Lipinski definition) is 0. The van der Waals surface area contributed by atoms with Crippen LogP contribution in [0.4, 0.5) is 4.39 Å². The van der Waals surface area contributed by atoms with Gasteiger partial charge in [0.2, 0.25) is 0 Å². The molecule has 3 aromatic carbocycles. The maximum atomic E-state index is 12.3. The predicted molar refractivity (Wildman–Crippen MR) is 94.1 cm³/mol. The molecule has 3 nitrogen and oxygen atoms in total. The van der Waals surface area contributed by atoms with Crippen LogP contribution in [-0.4, -0.2) is 13.0 Å². The van der Waals surface area contributed by atoms with Gasteiger partial charge in [-0.15, -0.1) is 0 Å². The van der Waals surface area contributed by atoms with E-state index in [9.17, 15) is 17.4 Å². The Morgan fingerprint density at radius 2 is 1.27 bits per heavy atom. The molecule has 0 aliphatic carbocycles. The molecule has 0 atom stereocenters. The summed E-state index contributed by atoms with van der Waals surface area (Å²) >= 11 is 0.00313. The first-order valence-corrected chi connectivity index (χ1v) is 11.3. The molecule has 6 heteroatoms. The lowest BCUT2D eigenvalue weighted by atomic mass is 10.2. The summed E-state index contributed by atoms with van der Waals surface area (Å²) in [6.45, 7) is 4.27. The van der Waals surface area contributed by atoms with Crippen molar-refractivity contribution in [2.24, 2.45) is 0 Å². The summed E-state index contributed by atoms with van der Waals surface area (Å²) in [7, 11) is -4.52. The van der Waals surface area contributed by atoms with E-state index in [4.69, 9.17) is 0 Å². The minimum atomic E-state index is -4.52. The quantitative estimate of drug-likeness (QED) is 0.415. The van der Waals surface area contributed by atoms with Crippen LogP contribution >= 0.6 is 0 Å². The van der Waals surface area contributed by atoms with Gasteiger partial charge in [0.25, 0.3) is 0 Å². The summed E-state index contributed by atoms with van der Waals surface area (Å²) in [5.74, 6) is -0.734. The second-order valence-corrected chi connectivity index (χ2v) is 10.0. The largest absolute Gasteiger partial charge is 0.744 e. The summed E-state index contributed by atoms with van der Waals surface area (Å²) < 4.78 is 46.1. The van der Waals surface area contributed by atoms with Gasteiger partial charge in [0.15, 0.2) is 7.14 Å². The monoisotopic (exact) mass is 484 g/mol. The summed E-state index contributed by atoms with van der Waals surface area (Å²) in [6.07, 6.45) is 0. The highest BCUT2D eigenvalue weighted by Gasteiger charge is 2.14. The van der Waals surface area contributed by atoms with Crippen molar-refractivity contribution >= 4 is 10.1 Å². The van der Waals surface area contributed by atoms with Gasteiger partial charge in [0.05, 0.1) is 4.90 Å². The lowest BCUT2D eigenvalue weighted by Crippen LogP contribution is -3.61. The van der Waals surface area contributed by atoms with Crippen LogP contribution in [0.5, 0.6) is 0 Å². The Morgan fingerprint density at radius 3 is 1.62 bits per heavy atom. The van der Waals surface area contributed by atoms with Gasteiger partial charge in [0, 0.05) is 0 Å². The second-order valence-electron chi connectivity index (χ2n) is 5.60. The molecule has 0 spiro atoms. The molecule has 0 saturated heterocycles. The molecule has 26 heavy (non-hydrogen) atoms. The number of aryl methyl sites for hydroxylation is 2.